The fraction of sp³-hybridized carbons (Fsp3) is 0.565. The lowest BCUT2D eigenvalue weighted by Gasteiger charge is -2.36. The van der Waals surface area contributed by atoms with Crippen LogP contribution in [0.3, 0.4) is 0 Å². The SMILES string of the molecule is CCNC(=NCC(C)(C)c1ccc(OC)c(OC)c1)N1CCN(Cc2ccon2)CC1. The van der Waals surface area contributed by atoms with Crippen LogP contribution in [0.4, 0.5) is 0 Å². The van der Waals surface area contributed by atoms with Gasteiger partial charge in [-0.2, -0.15) is 0 Å². The lowest BCUT2D eigenvalue weighted by atomic mass is 9.84. The van der Waals surface area contributed by atoms with Crippen molar-refractivity contribution in [2.45, 2.75) is 32.7 Å². The number of rotatable bonds is 8. The zero-order valence-electron chi connectivity index (χ0n) is 19.4. The Morgan fingerprint density at radius 1 is 1.13 bits per heavy atom. The largest absolute Gasteiger partial charge is 0.493 e. The molecule has 0 radical (unpaired) electrons. The number of hydrogen-bond donors (Lipinski definition) is 1. The number of piperazine rings is 1. The molecule has 1 fully saturated rings. The second kappa shape index (κ2) is 10.5. The monoisotopic (exact) mass is 429 g/mol. The first-order chi connectivity index (χ1) is 15.0. The van der Waals surface area contributed by atoms with Crippen LogP contribution in [0.2, 0.25) is 0 Å². The molecule has 1 aliphatic heterocycles. The summed E-state index contributed by atoms with van der Waals surface area (Å²) >= 11 is 0. The van der Waals surface area contributed by atoms with Crippen LogP contribution >= 0.6 is 0 Å². The molecule has 0 aliphatic carbocycles. The molecule has 0 unspecified atom stereocenters. The molecule has 0 atom stereocenters. The molecule has 8 nitrogen and oxygen atoms in total. The summed E-state index contributed by atoms with van der Waals surface area (Å²) in [5.74, 6) is 2.45. The van der Waals surface area contributed by atoms with Crippen molar-refractivity contribution >= 4 is 5.96 Å². The van der Waals surface area contributed by atoms with Crippen molar-refractivity contribution < 1.29 is 14.0 Å². The second-order valence-electron chi connectivity index (χ2n) is 8.38. The second-order valence-corrected chi connectivity index (χ2v) is 8.38. The van der Waals surface area contributed by atoms with Gasteiger partial charge in [0.25, 0.3) is 0 Å². The van der Waals surface area contributed by atoms with Crippen LogP contribution in [0.25, 0.3) is 0 Å². The summed E-state index contributed by atoms with van der Waals surface area (Å²) in [6.45, 7) is 12.7. The summed E-state index contributed by atoms with van der Waals surface area (Å²) in [4.78, 5) is 9.73. The molecule has 1 aromatic heterocycles. The maximum absolute atomic E-state index is 5.48. The molecule has 1 aliphatic rings. The average molecular weight is 430 g/mol. The van der Waals surface area contributed by atoms with Gasteiger partial charge in [0.2, 0.25) is 0 Å². The predicted molar refractivity (Wildman–Crippen MR) is 122 cm³/mol. The van der Waals surface area contributed by atoms with E-state index in [1.807, 2.05) is 18.2 Å². The minimum absolute atomic E-state index is 0.144. The predicted octanol–water partition coefficient (Wildman–Crippen LogP) is 2.75. The Bertz CT molecular complexity index is 843. The summed E-state index contributed by atoms with van der Waals surface area (Å²) in [7, 11) is 3.32. The summed E-state index contributed by atoms with van der Waals surface area (Å²) in [5.41, 5.74) is 2.00. The lowest BCUT2D eigenvalue weighted by molar-refractivity contribution is 0.169. The van der Waals surface area contributed by atoms with E-state index in [1.165, 1.54) is 5.56 Å². The first kappa shape index (κ1) is 22.9. The highest BCUT2D eigenvalue weighted by Gasteiger charge is 2.24. The molecule has 0 spiro atoms. The van der Waals surface area contributed by atoms with E-state index >= 15 is 0 Å². The maximum Gasteiger partial charge on any atom is 0.194 e. The van der Waals surface area contributed by atoms with E-state index in [-0.39, 0.29) is 5.41 Å². The highest BCUT2D eigenvalue weighted by atomic mass is 16.5. The molecule has 1 aromatic carbocycles. The van der Waals surface area contributed by atoms with Gasteiger partial charge in [0.05, 0.1) is 26.5 Å². The molecular formula is C23H35N5O3. The van der Waals surface area contributed by atoms with Crippen molar-refractivity contribution in [2.24, 2.45) is 4.99 Å². The van der Waals surface area contributed by atoms with Gasteiger partial charge in [-0.05, 0) is 24.6 Å². The van der Waals surface area contributed by atoms with Gasteiger partial charge in [0.1, 0.15) is 6.26 Å². The lowest BCUT2D eigenvalue weighted by Crippen LogP contribution is -2.52. The van der Waals surface area contributed by atoms with E-state index in [0.29, 0.717) is 6.54 Å². The fourth-order valence-electron chi connectivity index (χ4n) is 3.71. The first-order valence-corrected chi connectivity index (χ1v) is 10.8. The number of guanidine groups is 1. The number of nitrogens with one attached hydrogen (secondary N) is 1. The van der Waals surface area contributed by atoms with E-state index < -0.39 is 0 Å². The highest BCUT2D eigenvalue weighted by Crippen LogP contribution is 2.33. The molecule has 1 saturated heterocycles. The molecule has 1 N–H and O–H groups in total. The average Bonchev–Trinajstić information content (AvgIpc) is 3.29. The van der Waals surface area contributed by atoms with Crippen LogP contribution in [0.15, 0.2) is 40.0 Å². The van der Waals surface area contributed by atoms with Gasteiger partial charge in [-0.1, -0.05) is 25.1 Å². The van der Waals surface area contributed by atoms with Crippen LogP contribution < -0.4 is 14.8 Å². The van der Waals surface area contributed by atoms with Gasteiger partial charge < -0.3 is 24.2 Å². The van der Waals surface area contributed by atoms with E-state index in [0.717, 1.165) is 62.4 Å². The third-order valence-corrected chi connectivity index (χ3v) is 5.67. The zero-order chi connectivity index (χ0) is 22.3. The van der Waals surface area contributed by atoms with E-state index in [9.17, 15) is 0 Å². The van der Waals surface area contributed by atoms with E-state index in [2.05, 4.69) is 47.1 Å². The van der Waals surface area contributed by atoms with Crippen molar-refractivity contribution in [3.63, 3.8) is 0 Å². The highest BCUT2D eigenvalue weighted by molar-refractivity contribution is 5.80. The number of nitrogens with zero attached hydrogens (tertiary/aromatic N) is 4. The summed E-state index contributed by atoms with van der Waals surface area (Å²) in [5, 5.41) is 7.48. The van der Waals surface area contributed by atoms with E-state index in [1.54, 1.807) is 20.5 Å². The molecule has 0 saturated carbocycles. The maximum atomic E-state index is 5.48. The Balaban J connectivity index is 1.65. The Kier molecular flexibility index (Phi) is 7.79. The Morgan fingerprint density at radius 2 is 1.87 bits per heavy atom. The molecule has 2 aromatic rings. The normalized spacial score (nSPS) is 15.8. The van der Waals surface area contributed by atoms with Crippen LogP contribution in [0.5, 0.6) is 11.5 Å². The van der Waals surface area contributed by atoms with Crippen LogP contribution in [0.1, 0.15) is 32.0 Å². The molecule has 0 bridgehead atoms. The summed E-state index contributed by atoms with van der Waals surface area (Å²) in [6.07, 6.45) is 1.63. The number of aromatic nitrogens is 1. The van der Waals surface area contributed by atoms with Gasteiger partial charge in [-0.15, -0.1) is 0 Å². The van der Waals surface area contributed by atoms with Crippen molar-refractivity contribution in [3.8, 4) is 11.5 Å². The standard InChI is InChI=1S/C23H35N5O3/c1-6-24-22(28-12-10-27(11-13-28)16-19-9-14-31-26-19)25-17-23(2,3)18-7-8-20(29-4)21(15-18)30-5/h7-9,14-15H,6,10-13,16-17H2,1-5H3,(H,24,25). The molecule has 0 amide bonds. The fourth-order valence-corrected chi connectivity index (χ4v) is 3.71. The van der Waals surface area contributed by atoms with Crippen molar-refractivity contribution in [2.75, 3.05) is 53.5 Å². The molecule has 2 heterocycles. The number of hydrogen-bond acceptors (Lipinski definition) is 6. The number of benzene rings is 1. The van der Waals surface area contributed by atoms with Crippen molar-refractivity contribution in [1.82, 2.24) is 20.3 Å². The minimum atomic E-state index is -0.144. The Morgan fingerprint density at radius 3 is 2.48 bits per heavy atom. The van der Waals surface area contributed by atoms with E-state index in [4.69, 9.17) is 19.0 Å². The van der Waals surface area contributed by atoms with Gasteiger partial charge in [0, 0.05) is 50.7 Å². The van der Waals surface area contributed by atoms with Crippen molar-refractivity contribution in [3.05, 3.63) is 41.8 Å². The molecule has 31 heavy (non-hydrogen) atoms. The third-order valence-electron chi connectivity index (χ3n) is 5.67. The van der Waals surface area contributed by atoms with Crippen molar-refractivity contribution in [1.29, 1.82) is 0 Å². The topological polar surface area (TPSA) is 75.4 Å². The molecule has 3 rings (SSSR count). The van der Waals surface area contributed by atoms with Gasteiger partial charge >= 0.3 is 0 Å². The number of methoxy groups -OCH3 is 2. The first-order valence-electron chi connectivity index (χ1n) is 10.8. The summed E-state index contributed by atoms with van der Waals surface area (Å²) < 4.78 is 15.8. The van der Waals surface area contributed by atoms with Crippen LogP contribution in [0, 0.1) is 0 Å². The van der Waals surface area contributed by atoms with Gasteiger partial charge in [-0.3, -0.25) is 9.89 Å². The Hall–Kier alpha value is -2.74. The quantitative estimate of drug-likeness (QED) is 0.511. The smallest absolute Gasteiger partial charge is 0.194 e. The zero-order valence-corrected chi connectivity index (χ0v) is 19.4. The Labute approximate surface area is 185 Å². The van der Waals surface area contributed by atoms with Crippen LogP contribution in [-0.2, 0) is 12.0 Å². The number of ether oxygens (including phenoxy) is 2. The molecular weight excluding hydrogens is 394 g/mol. The summed E-state index contributed by atoms with van der Waals surface area (Å²) in [6, 6.07) is 8.02. The number of aliphatic imine (C=N–C) groups is 1. The van der Waals surface area contributed by atoms with Gasteiger partial charge in [0.15, 0.2) is 17.5 Å². The minimum Gasteiger partial charge on any atom is -0.493 e. The third kappa shape index (κ3) is 5.91. The molecule has 170 valence electrons. The van der Waals surface area contributed by atoms with Crippen LogP contribution in [-0.4, -0.2) is 74.4 Å². The molecule has 8 heteroatoms. The van der Waals surface area contributed by atoms with Gasteiger partial charge in [-0.25, -0.2) is 0 Å².